The molecule has 0 amide bonds. The largest absolute Gasteiger partial charge is 0.391 e. The SMILES string of the molecule is CCCCCCCCCCCCCCCCCCCCOP(=O)(O)CC[N+](C)(CCO)CCO. The first kappa shape index (κ1) is 34.0. The molecule has 34 heavy (non-hydrogen) atoms. The molecule has 0 saturated heterocycles. The lowest BCUT2D eigenvalue weighted by atomic mass is 10.0. The van der Waals surface area contributed by atoms with Crippen LogP contribution >= 0.6 is 7.60 Å². The zero-order valence-corrected chi connectivity index (χ0v) is 23.6. The second-order valence-electron chi connectivity index (χ2n) is 10.4. The van der Waals surface area contributed by atoms with Crippen LogP contribution in [-0.4, -0.2) is 72.3 Å². The Hall–Kier alpha value is 0.0300. The van der Waals surface area contributed by atoms with Crippen LogP contribution in [0.4, 0.5) is 0 Å². The third kappa shape index (κ3) is 22.5. The zero-order valence-electron chi connectivity index (χ0n) is 22.7. The fourth-order valence-corrected chi connectivity index (χ4v) is 5.74. The van der Waals surface area contributed by atoms with Gasteiger partial charge in [-0.05, 0) is 6.42 Å². The summed E-state index contributed by atoms with van der Waals surface area (Å²) in [7, 11) is -1.73. The van der Waals surface area contributed by atoms with Crippen LogP contribution < -0.4 is 0 Å². The molecular weight excluding hydrogens is 449 g/mol. The van der Waals surface area contributed by atoms with Crippen molar-refractivity contribution in [2.75, 3.05) is 52.7 Å². The molecule has 0 saturated carbocycles. The fraction of sp³-hybridized carbons (Fsp3) is 1.00. The van der Waals surface area contributed by atoms with Gasteiger partial charge in [0.1, 0.15) is 13.1 Å². The molecule has 0 spiro atoms. The van der Waals surface area contributed by atoms with E-state index in [2.05, 4.69) is 6.92 Å². The highest BCUT2D eigenvalue weighted by Gasteiger charge is 2.27. The number of hydrogen-bond acceptors (Lipinski definition) is 4. The second kappa shape index (κ2) is 23.4. The van der Waals surface area contributed by atoms with E-state index in [0.29, 0.717) is 30.7 Å². The highest BCUT2D eigenvalue weighted by atomic mass is 31.2. The number of hydrogen-bond donors (Lipinski definition) is 3. The van der Waals surface area contributed by atoms with Gasteiger partial charge in [-0.3, -0.25) is 4.57 Å². The minimum atomic E-state index is -3.61. The molecular formula is C27H59NO5P+. The van der Waals surface area contributed by atoms with E-state index in [1.807, 2.05) is 7.05 Å². The zero-order chi connectivity index (χ0) is 25.4. The summed E-state index contributed by atoms with van der Waals surface area (Å²) in [5.41, 5.74) is 0. The predicted octanol–water partition coefficient (Wildman–Crippen LogP) is 6.66. The topological polar surface area (TPSA) is 87.0 Å². The summed E-state index contributed by atoms with van der Waals surface area (Å²) in [6.07, 6.45) is 23.8. The van der Waals surface area contributed by atoms with Crippen molar-refractivity contribution >= 4 is 7.60 Å². The van der Waals surface area contributed by atoms with Gasteiger partial charge in [0.2, 0.25) is 0 Å². The van der Waals surface area contributed by atoms with Crippen LogP contribution in [0.5, 0.6) is 0 Å². The number of quaternary nitrogens is 1. The number of aliphatic hydroxyl groups excluding tert-OH is 2. The van der Waals surface area contributed by atoms with E-state index >= 15 is 0 Å². The van der Waals surface area contributed by atoms with Crippen molar-refractivity contribution in [3.05, 3.63) is 0 Å². The molecule has 0 heterocycles. The van der Waals surface area contributed by atoms with Crippen molar-refractivity contribution in [2.24, 2.45) is 0 Å². The van der Waals surface area contributed by atoms with Gasteiger partial charge in [-0.15, -0.1) is 0 Å². The Labute approximate surface area is 211 Å². The average Bonchev–Trinajstić information content (AvgIpc) is 2.80. The molecule has 0 aliphatic carbocycles. The van der Waals surface area contributed by atoms with Gasteiger partial charge < -0.3 is 24.1 Å². The van der Waals surface area contributed by atoms with Crippen molar-refractivity contribution in [2.45, 2.75) is 122 Å². The third-order valence-corrected chi connectivity index (χ3v) is 8.34. The Kier molecular flexibility index (Phi) is 23.5. The van der Waals surface area contributed by atoms with Crippen molar-refractivity contribution in [1.82, 2.24) is 0 Å². The van der Waals surface area contributed by atoms with Gasteiger partial charge in [0.05, 0.1) is 39.6 Å². The van der Waals surface area contributed by atoms with Gasteiger partial charge >= 0.3 is 7.60 Å². The normalized spacial score (nSPS) is 13.9. The summed E-state index contributed by atoms with van der Waals surface area (Å²) >= 11 is 0. The minimum Gasteiger partial charge on any atom is -0.391 e. The lowest BCUT2D eigenvalue weighted by Gasteiger charge is -2.33. The molecule has 0 radical (unpaired) electrons. The van der Waals surface area contributed by atoms with Gasteiger partial charge in [0.25, 0.3) is 0 Å². The second-order valence-corrected chi connectivity index (χ2v) is 12.4. The molecule has 206 valence electrons. The molecule has 3 N–H and O–H groups in total. The van der Waals surface area contributed by atoms with E-state index < -0.39 is 7.60 Å². The molecule has 7 heteroatoms. The van der Waals surface area contributed by atoms with Crippen LogP contribution in [0.25, 0.3) is 0 Å². The summed E-state index contributed by atoms with van der Waals surface area (Å²) in [6, 6.07) is 0. The molecule has 0 aromatic rings. The van der Waals surface area contributed by atoms with E-state index in [-0.39, 0.29) is 19.4 Å². The van der Waals surface area contributed by atoms with Crippen molar-refractivity contribution in [1.29, 1.82) is 0 Å². The first-order chi connectivity index (χ1) is 16.4. The maximum atomic E-state index is 12.2. The number of nitrogens with zero attached hydrogens (tertiary/aromatic N) is 1. The Morgan fingerprint density at radius 2 is 0.971 bits per heavy atom. The van der Waals surface area contributed by atoms with Crippen LogP contribution in [0, 0.1) is 0 Å². The predicted molar refractivity (Wildman–Crippen MR) is 144 cm³/mol. The lowest BCUT2D eigenvalue weighted by Crippen LogP contribution is -2.49. The van der Waals surface area contributed by atoms with Crippen LogP contribution in [0.1, 0.15) is 122 Å². The molecule has 6 nitrogen and oxygen atoms in total. The van der Waals surface area contributed by atoms with Crippen molar-refractivity contribution < 1.29 is 28.7 Å². The summed E-state index contributed by atoms with van der Waals surface area (Å²) in [5, 5.41) is 18.4. The van der Waals surface area contributed by atoms with E-state index in [1.54, 1.807) is 0 Å². The van der Waals surface area contributed by atoms with Crippen LogP contribution in [0.2, 0.25) is 0 Å². The molecule has 0 aromatic heterocycles. The molecule has 0 aliphatic rings. The average molecular weight is 509 g/mol. The number of unbranched alkanes of at least 4 members (excludes halogenated alkanes) is 17. The van der Waals surface area contributed by atoms with E-state index in [9.17, 15) is 19.7 Å². The maximum absolute atomic E-state index is 12.2. The quantitative estimate of drug-likeness (QED) is 0.0656. The Balaban J connectivity index is 3.46. The van der Waals surface area contributed by atoms with Gasteiger partial charge in [0.15, 0.2) is 0 Å². The highest BCUT2D eigenvalue weighted by Crippen LogP contribution is 2.42. The van der Waals surface area contributed by atoms with Gasteiger partial charge in [-0.1, -0.05) is 116 Å². The van der Waals surface area contributed by atoms with Crippen LogP contribution in [-0.2, 0) is 9.09 Å². The first-order valence-corrected chi connectivity index (χ1v) is 16.2. The monoisotopic (exact) mass is 508 g/mol. The molecule has 0 aliphatic heterocycles. The minimum absolute atomic E-state index is 0.00754. The molecule has 0 bridgehead atoms. The standard InChI is InChI=1S/C27H58NO5P/c1-3-4-5-6-7-8-9-10-11-12-13-14-15-16-17-18-19-20-26-33-34(31,32)27-23-28(2,21-24-29)22-25-30/h29-30H,3-27H2,1-2H3/p+1. The summed E-state index contributed by atoms with van der Waals surface area (Å²) in [6.45, 7) is 3.92. The van der Waals surface area contributed by atoms with Gasteiger partial charge in [-0.2, -0.15) is 0 Å². The summed E-state index contributed by atoms with van der Waals surface area (Å²) < 4.78 is 17.9. The Morgan fingerprint density at radius 3 is 1.32 bits per heavy atom. The molecule has 1 unspecified atom stereocenters. The van der Waals surface area contributed by atoms with E-state index in [1.165, 1.54) is 103 Å². The van der Waals surface area contributed by atoms with Crippen LogP contribution in [0.15, 0.2) is 0 Å². The first-order valence-electron chi connectivity index (χ1n) is 14.4. The number of rotatable bonds is 27. The molecule has 0 fully saturated rings. The smallest absolute Gasteiger partial charge is 0.333 e. The molecule has 0 rings (SSSR count). The summed E-state index contributed by atoms with van der Waals surface area (Å²) in [4.78, 5) is 10.1. The van der Waals surface area contributed by atoms with E-state index in [0.717, 1.165) is 12.8 Å². The Morgan fingerprint density at radius 1 is 0.618 bits per heavy atom. The lowest BCUT2D eigenvalue weighted by molar-refractivity contribution is -0.907. The maximum Gasteiger partial charge on any atom is 0.333 e. The van der Waals surface area contributed by atoms with Gasteiger partial charge in [-0.25, -0.2) is 0 Å². The molecule has 0 aromatic carbocycles. The van der Waals surface area contributed by atoms with Crippen molar-refractivity contribution in [3.63, 3.8) is 0 Å². The molecule has 1 atom stereocenters. The number of aliphatic hydroxyl groups is 2. The third-order valence-electron chi connectivity index (χ3n) is 6.99. The fourth-order valence-electron chi connectivity index (χ4n) is 4.46. The van der Waals surface area contributed by atoms with Crippen LogP contribution in [0.3, 0.4) is 0 Å². The Bertz CT molecular complexity index is 472. The van der Waals surface area contributed by atoms with Gasteiger partial charge in [0, 0.05) is 0 Å². The highest BCUT2D eigenvalue weighted by molar-refractivity contribution is 7.52. The van der Waals surface area contributed by atoms with E-state index in [4.69, 9.17) is 4.52 Å². The van der Waals surface area contributed by atoms with Crippen molar-refractivity contribution in [3.8, 4) is 0 Å². The number of likely N-dealkylation sites (N-methyl/N-ethyl adjacent to an activating group) is 1. The summed E-state index contributed by atoms with van der Waals surface area (Å²) in [5.74, 6) is 0.